The smallest absolute Gasteiger partial charge is 0.243 e. The highest BCUT2D eigenvalue weighted by atomic mass is 32.2. The zero-order valence-electron chi connectivity index (χ0n) is 12.1. The fraction of sp³-hybridized carbons (Fsp3) is 0.333. The van der Waals surface area contributed by atoms with E-state index in [1.54, 1.807) is 50.6 Å². The molecule has 0 atom stereocenters. The van der Waals surface area contributed by atoms with Crippen LogP contribution in [0.1, 0.15) is 16.9 Å². The van der Waals surface area contributed by atoms with E-state index < -0.39 is 10.0 Å². The maximum Gasteiger partial charge on any atom is 0.243 e. The van der Waals surface area contributed by atoms with Gasteiger partial charge < -0.3 is 9.52 Å². The van der Waals surface area contributed by atoms with Gasteiger partial charge in [-0.3, -0.25) is 0 Å². The van der Waals surface area contributed by atoms with Crippen molar-refractivity contribution in [2.24, 2.45) is 0 Å². The summed E-state index contributed by atoms with van der Waals surface area (Å²) in [6.45, 7) is 2.12. The minimum atomic E-state index is -3.53. The molecule has 0 radical (unpaired) electrons. The van der Waals surface area contributed by atoms with E-state index in [9.17, 15) is 8.42 Å². The Hall–Kier alpha value is -1.63. The van der Waals surface area contributed by atoms with Gasteiger partial charge in [0.1, 0.15) is 5.76 Å². The Morgan fingerprint density at radius 1 is 1.19 bits per heavy atom. The topological polar surface area (TPSA) is 70.8 Å². The Balaban J connectivity index is 2.18. The molecule has 21 heavy (non-hydrogen) atoms. The summed E-state index contributed by atoms with van der Waals surface area (Å²) in [7, 11) is -1.99. The number of aryl methyl sites for hydroxylation is 1. The molecule has 0 saturated heterocycles. The van der Waals surface area contributed by atoms with Crippen molar-refractivity contribution in [3.8, 4) is 0 Å². The van der Waals surface area contributed by atoms with Crippen molar-refractivity contribution in [3.63, 3.8) is 0 Å². The first-order valence-corrected chi connectivity index (χ1v) is 8.08. The van der Waals surface area contributed by atoms with E-state index in [4.69, 9.17) is 9.52 Å². The lowest BCUT2D eigenvalue weighted by Crippen LogP contribution is -2.26. The Morgan fingerprint density at radius 2 is 1.86 bits per heavy atom. The van der Waals surface area contributed by atoms with E-state index >= 15 is 0 Å². The summed E-state index contributed by atoms with van der Waals surface area (Å²) in [6, 6.07) is 8.35. The number of sulfonamides is 1. The minimum absolute atomic E-state index is 0.0474. The van der Waals surface area contributed by atoms with E-state index in [2.05, 4.69) is 0 Å². The van der Waals surface area contributed by atoms with Crippen LogP contribution in [0.5, 0.6) is 0 Å². The summed E-state index contributed by atoms with van der Waals surface area (Å²) in [5.74, 6) is 0.718. The number of hydrogen-bond acceptors (Lipinski definition) is 4. The van der Waals surface area contributed by atoms with Crippen molar-refractivity contribution in [2.75, 3.05) is 13.7 Å². The molecule has 0 aliphatic heterocycles. The fourth-order valence-electron chi connectivity index (χ4n) is 2.04. The molecule has 2 rings (SSSR count). The lowest BCUT2D eigenvalue weighted by Gasteiger charge is -2.17. The van der Waals surface area contributed by atoms with Crippen molar-refractivity contribution in [1.82, 2.24) is 4.31 Å². The molecular formula is C15H19NO4S. The van der Waals surface area contributed by atoms with E-state index in [0.29, 0.717) is 6.42 Å². The van der Waals surface area contributed by atoms with Gasteiger partial charge in [0.2, 0.25) is 10.0 Å². The molecule has 0 saturated carbocycles. The molecule has 0 bridgehead atoms. The van der Waals surface area contributed by atoms with Crippen LogP contribution in [0.15, 0.2) is 45.9 Å². The second-order valence-electron chi connectivity index (χ2n) is 4.88. The number of aliphatic hydroxyl groups excluding tert-OH is 1. The molecule has 0 aliphatic carbocycles. The fourth-order valence-corrected chi connectivity index (χ4v) is 3.19. The number of rotatable bonds is 6. The SMILES string of the molecule is Cc1occc1CN(C)S(=O)(=O)c1ccc(CCO)cc1. The normalized spacial score (nSPS) is 12.0. The number of furan rings is 1. The van der Waals surface area contributed by atoms with Gasteiger partial charge in [-0.2, -0.15) is 4.31 Å². The summed E-state index contributed by atoms with van der Waals surface area (Å²) in [6.07, 6.45) is 2.07. The highest BCUT2D eigenvalue weighted by Gasteiger charge is 2.21. The molecule has 1 aromatic heterocycles. The molecule has 6 heteroatoms. The molecule has 1 heterocycles. The Kier molecular flexibility index (Phi) is 4.82. The van der Waals surface area contributed by atoms with Crippen LogP contribution in [-0.4, -0.2) is 31.5 Å². The van der Waals surface area contributed by atoms with Crippen LogP contribution in [0.3, 0.4) is 0 Å². The van der Waals surface area contributed by atoms with Crippen LogP contribution in [0.4, 0.5) is 0 Å². The molecule has 1 N–H and O–H groups in total. The summed E-state index contributed by atoms with van der Waals surface area (Å²) < 4.78 is 31.4. The van der Waals surface area contributed by atoms with Crippen LogP contribution >= 0.6 is 0 Å². The third-order valence-electron chi connectivity index (χ3n) is 3.39. The lowest BCUT2D eigenvalue weighted by molar-refractivity contribution is 0.299. The van der Waals surface area contributed by atoms with Crippen molar-refractivity contribution in [1.29, 1.82) is 0 Å². The van der Waals surface area contributed by atoms with Crippen molar-refractivity contribution in [3.05, 3.63) is 53.5 Å². The molecule has 1 aromatic carbocycles. The Labute approximate surface area is 124 Å². The average Bonchev–Trinajstić information content (AvgIpc) is 2.85. The molecule has 0 unspecified atom stereocenters. The van der Waals surface area contributed by atoms with Gasteiger partial charge in [-0.1, -0.05) is 12.1 Å². The van der Waals surface area contributed by atoms with E-state index in [1.165, 1.54) is 4.31 Å². The molecular weight excluding hydrogens is 290 g/mol. The van der Waals surface area contributed by atoms with E-state index in [-0.39, 0.29) is 18.0 Å². The first kappa shape index (κ1) is 15.8. The zero-order chi connectivity index (χ0) is 15.5. The van der Waals surface area contributed by atoms with Gasteiger partial charge in [0.25, 0.3) is 0 Å². The standard InChI is InChI=1S/C15H19NO4S/c1-12-14(8-10-20-12)11-16(2)21(18,19)15-5-3-13(4-6-15)7-9-17/h3-6,8,10,17H,7,9,11H2,1-2H3. The second-order valence-corrected chi connectivity index (χ2v) is 6.93. The predicted octanol–water partition coefficient (Wildman–Crippen LogP) is 1.94. The molecule has 0 spiro atoms. The zero-order valence-corrected chi connectivity index (χ0v) is 12.9. The van der Waals surface area contributed by atoms with Crippen molar-refractivity contribution >= 4 is 10.0 Å². The predicted molar refractivity (Wildman–Crippen MR) is 79.3 cm³/mol. The summed E-state index contributed by atoms with van der Waals surface area (Å²) in [5, 5.41) is 8.87. The quantitative estimate of drug-likeness (QED) is 0.885. The summed E-state index contributed by atoms with van der Waals surface area (Å²) >= 11 is 0. The Morgan fingerprint density at radius 3 is 2.38 bits per heavy atom. The largest absolute Gasteiger partial charge is 0.469 e. The van der Waals surface area contributed by atoms with Gasteiger partial charge in [0, 0.05) is 25.8 Å². The number of benzene rings is 1. The molecule has 0 amide bonds. The molecule has 114 valence electrons. The molecule has 0 aliphatic rings. The van der Waals surface area contributed by atoms with Crippen LogP contribution < -0.4 is 0 Å². The lowest BCUT2D eigenvalue weighted by atomic mass is 10.2. The molecule has 2 aromatic rings. The first-order valence-electron chi connectivity index (χ1n) is 6.64. The van der Waals surface area contributed by atoms with Crippen molar-refractivity contribution in [2.45, 2.75) is 24.8 Å². The van der Waals surface area contributed by atoms with Crippen LogP contribution in [-0.2, 0) is 23.0 Å². The highest BCUT2D eigenvalue weighted by Crippen LogP contribution is 2.19. The maximum absolute atomic E-state index is 12.5. The van der Waals surface area contributed by atoms with Crippen LogP contribution in [0.2, 0.25) is 0 Å². The van der Waals surface area contributed by atoms with Gasteiger partial charge in [-0.15, -0.1) is 0 Å². The number of hydrogen-bond donors (Lipinski definition) is 1. The molecule has 0 fully saturated rings. The second kappa shape index (κ2) is 6.43. The third-order valence-corrected chi connectivity index (χ3v) is 5.21. The molecule has 5 nitrogen and oxygen atoms in total. The van der Waals surface area contributed by atoms with E-state index in [0.717, 1.165) is 16.9 Å². The third kappa shape index (κ3) is 3.53. The van der Waals surface area contributed by atoms with Gasteiger partial charge in [0.05, 0.1) is 11.2 Å². The van der Waals surface area contributed by atoms with Crippen molar-refractivity contribution < 1.29 is 17.9 Å². The summed E-state index contributed by atoms with van der Waals surface area (Å²) in [5.41, 5.74) is 1.75. The van der Waals surface area contributed by atoms with Gasteiger partial charge in [0.15, 0.2) is 0 Å². The summed E-state index contributed by atoms with van der Waals surface area (Å²) in [4.78, 5) is 0.243. The first-order chi connectivity index (χ1) is 9.95. The number of nitrogens with zero attached hydrogens (tertiary/aromatic N) is 1. The van der Waals surface area contributed by atoms with Gasteiger partial charge in [-0.25, -0.2) is 8.42 Å². The highest BCUT2D eigenvalue weighted by molar-refractivity contribution is 7.89. The maximum atomic E-state index is 12.5. The van der Waals surface area contributed by atoms with E-state index in [1.807, 2.05) is 0 Å². The monoisotopic (exact) mass is 309 g/mol. The van der Waals surface area contributed by atoms with Crippen LogP contribution in [0, 0.1) is 6.92 Å². The van der Waals surface area contributed by atoms with Gasteiger partial charge in [-0.05, 0) is 37.1 Å². The van der Waals surface area contributed by atoms with Crippen LogP contribution in [0.25, 0.3) is 0 Å². The minimum Gasteiger partial charge on any atom is -0.469 e. The number of aliphatic hydroxyl groups is 1. The average molecular weight is 309 g/mol. The Bertz CT molecular complexity index is 689. The van der Waals surface area contributed by atoms with Gasteiger partial charge >= 0.3 is 0 Å².